The predicted octanol–water partition coefficient (Wildman–Crippen LogP) is 2.64. The molecular weight excluding hydrogens is 372 g/mol. The third-order valence-corrected chi connectivity index (χ3v) is 5.01. The first-order valence-corrected chi connectivity index (χ1v) is 9.38. The van der Waals surface area contributed by atoms with Crippen LogP contribution in [0.3, 0.4) is 0 Å². The molecule has 0 bridgehead atoms. The van der Waals surface area contributed by atoms with Crippen LogP contribution in [0.1, 0.15) is 0 Å². The number of nitrogens with zero attached hydrogens (tertiary/aromatic N) is 6. The summed E-state index contributed by atoms with van der Waals surface area (Å²) < 4.78 is 6.99. The van der Waals surface area contributed by atoms with Gasteiger partial charge in [0.1, 0.15) is 12.1 Å². The molecule has 0 saturated carbocycles. The van der Waals surface area contributed by atoms with Gasteiger partial charge in [-0.2, -0.15) is 0 Å². The molecule has 9 nitrogen and oxygen atoms in total. The van der Waals surface area contributed by atoms with E-state index in [-0.39, 0.29) is 5.69 Å². The zero-order valence-electron chi connectivity index (χ0n) is 16.1. The Morgan fingerprint density at radius 2 is 1.86 bits per heavy atom. The van der Waals surface area contributed by atoms with E-state index in [0.717, 1.165) is 31.9 Å². The topological polar surface area (TPSA) is 89.6 Å². The highest BCUT2D eigenvalue weighted by molar-refractivity contribution is 5.58. The summed E-state index contributed by atoms with van der Waals surface area (Å²) in [6.07, 6.45) is 1.67. The van der Waals surface area contributed by atoms with E-state index >= 15 is 0 Å². The van der Waals surface area contributed by atoms with Gasteiger partial charge in [0.05, 0.1) is 18.7 Å². The van der Waals surface area contributed by atoms with Gasteiger partial charge in [0.2, 0.25) is 0 Å². The predicted molar refractivity (Wildman–Crippen MR) is 109 cm³/mol. The zero-order chi connectivity index (χ0) is 20.2. The van der Waals surface area contributed by atoms with Gasteiger partial charge in [-0.15, -0.1) is 5.10 Å². The maximum absolute atomic E-state index is 11.0. The van der Waals surface area contributed by atoms with Gasteiger partial charge in [0.25, 0.3) is 5.69 Å². The fourth-order valence-electron chi connectivity index (χ4n) is 3.40. The van der Waals surface area contributed by atoms with Crippen LogP contribution in [0.15, 0.2) is 54.9 Å². The molecule has 29 heavy (non-hydrogen) atoms. The van der Waals surface area contributed by atoms with Crippen LogP contribution >= 0.6 is 0 Å². The fraction of sp³-hybridized carbons (Fsp3) is 0.300. The summed E-state index contributed by atoms with van der Waals surface area (Å²) >= 11 is 0. The number of nitro groups is 1. The Balaban J connectivity index is 1.35. The van der Waals surface area contributed by atoms with Gasteiger partial charge in [-0.1, -0.05) is 12.1 Å². The number of aromatic nitrogens is 3. The van der Waals surface area contributed by atoms with Crippen molar-refractivity contribution in [2.75, 3.05) is 38.2 Å². The molecule has 0 N–H and O–H groups in total. The van der Waals surface area contributed by atoms with Gasteiger partial charge in [0, 0.05) is 49.6 Å². The number of nitro benzene ring substituents is 1. The number of anilines is 1. The average Bonchev–Trinajstić information content (AvgIpc) is 3.23. The minimum absolute atomic E-state index is 0.0357. The lowest BCUT2D eigenvalue weighted by molar-refractivity contribution is -0.384. The molecule has 9 heteroatoms. The average molecular weight is 394 g/mol. The maximum atomic E-state index is 11.0. The lowest BCUT2D eigenvalue weighted by Gasteiger charge is -2.35. The molecule has 1 aromatic heterocycles. The van der Waals surface area contributed by atoms with E-state index in [1.165, 1.54) is 17.8 Å². The molecule has 4 rings (SSSR count). The number of rotatable bonds is 6. The summed E-state index contributed by atoms with van der Waals surface area (Å²) in [4.78, 5) is 19.5. The highest BCUT2D eigenvalue weighted by Crippen LogP contribution is 2.22. The molecule has 3 aromatic rings. The molecule has 1 fully saturated rings. The van der Waals surface area contributed by atoms with E-state index in [0.29, 0.717) is 18.1 Å². The second-order valence-electron chi connectivity index (χ2n) is 6.86. The second-order valence-corrected chi connectivity index (χ2v) is 6.86. The van der Waals surface area contributed by atoms with Crippen LogP contribution in [0.2, 0.25) is 0 Å². The Kier molecular flexibility index (Phi) is 5.39. The Hall–Kier alpha value is -3.46. The van der Waals surface area contributed by atoms with Crippen molar-refractivity contribution < 1.29 is 9.66 Å². The van der Waals surface area contributed by atoms with E-state index in [2.05, 4.69) is 32.0 Å². The molecule has 0 atom stereocenters. The zero-order valence-corrected chi connectivity index (χ0v) is 16.1. The summed E-state index contributed by atoms with van der Waals surface area (Å²) in [5, 5.41) is 15.4. The van der Waals surface area contributed by atoms with E-state index in [1.54, 1.807) is 30.3 Å². The van der Waals surface area contributed by atoms with Gasteiger partial charge < -0.3 is 9.64 Å². The molecule has 0 unspecified atom stereocenters. The first-order chi connectivity index (χ1) is 14.1. The van der Waals surface area contributed by atoms with Crippen molar-refractivity contribution in [1.82, 2.24) is 19.7 Å². The molecule has 150 valence electrons. The van der Waals surface area contributed by atoms with Crippen molar-refractivity contribution in [3.63, 3.8) is 0 Å². The van der Waals surface area contributed by atoms with Crippen molar-refractivity contribution >= 4 is 11.4 Å². The number of ether oxygens (including phenoxy) is 1. The molecule has 0 aliphatic carbocycles. The minimum Gasteiger partial charge on any atom is -0.497 e. The minimum atomic E-state index is -0.414. The fourth-order valence-corrected chi connectivity index (χ4v) is 3.40. The number of methoxy groups -OCH3 is 1. The van der Waals surface area contributed by atoms with E-state index < -0.39 is 4.92 Å². The third-order valence-electron chi connectivity index (χ3n) is 5.01. The van der Waals surface area contributed by atoms with Crippen LogP contribution in [0.5, 0.6) is 5.75 Å². The Bertz CT molecular complexity index is 980. The molecule has 0 spiro atoms. The largest absolute Gasteiger partial charge is 0.497 e. The van der Waals surface area contributed by atoms with Gasteiger partial charge in [-0.25, -0.2) is 9.67 Å². The van der Waals surface area contributed by atoms with Gasteiger partial charge in [0.15, 0.2) is 5.82 Å². The summed E-state index contributed by atoms with van der Waals surface area (Å²) in [7, 11) is 1.67. The first-order valence-electron chi connectivity index (χ1n) is 9.38. The van der Waals surface area contributed by atoms with Gasteiger partial charge >= 0.3 is 0 Å². The SMILES string of the molecule is COc1ccc(N2CCN(Cn3cnc(-c4cccc([N+](=O)[O-])c4)n3)CC2)cc1. The van der Waals surface area contributed by atoms with Crippen molar-refractivity contribution in [3.8, 4) is 17.1 Å². The molecule has 1 aliphatic heterocycles. The summed E-state index contributed by atoms with van der Waals surface area (Å²) in [5.74, 6) is 1.35. The summed E-state index contributed by atoms with van der Waals surface area (Å²) in [6, 6.07) is 14.5. The third kappa shape index (κ3) is 4.35. The van der Waals surface area contributed by atoms with Gasteiger partial charge in [-0.3, -0.25) is 15.0 Å². The Morgan fingerprint density at radius 3 is 2.55 bits per heavy atom. The van der Waals surface area contributed by atoms with Crippen LogP contribution in [-0.4, -0.2) is 57.9 Å². The van der Waals surface area contributed by atoms with E-state index in [4.69, 9.17) is 4.74 Å². The number of piperazine rings is 1. The first kappa shape index (κ1) is 18.9. The van der Waals surface area contributed by atoms with E-state index in [1.807, 2.05) is 12.1 Å². The number of hydrogen-bond donors (Lipinski definition) is 0. The molecule has 1 saturated heterocycles. The van der Waals surface area contributed by atoms with Crippen LogP contribution in [0.25, 0.3) is 11.4 Å². The second kappa shape index (κ2) is 8.27. The molecule has 2 aromatic carbocycles. The quantitative estimate of drug-likeness (QED) is 0.469. The van der Waals surface area contributed by atoms with Crippen molar-refractivity contribution in [2.24, 2.45) is 0 Å². The maximum Gasteiger partial charge on any atom is 0.270 e. The Labute approximate surface area is 168 Å². The smallest absolute Gasteiger partial charge is 0.270 e. The normalized spacial score (nSPS) is 14.7. The highest BCUT2D eigenvalue weighted by Gasteiger charge is 2.18. The lowest BCUT2D eigenvalue weighted by Crippen LogP contribution is -2.46. The van der Waals surface area contributed by atoms with Crippen molar-refractivity contribution in [2.45, 2.75) is 6.67 Å². The van der Waals surface area contributed by atoms with Gasteiger partial charge in [-0.05, 0) is 24.3 Å². The molecule has 2 heterocycles. The summed E-state index contributed by atoms with van der Waals surface area (Å²) in [5.41, 5.74) is 1.87. The van der Waals surface area contributed by atoms with Crippen LogP contribution in [-0.2, 0) is 6.67 Å². The Morgan fingerprint density at radius 1 is 1.10 bits per heavy atom. The van der Waals surface area contributed by atoms with Crippen molar-refractivity contribution in [3.05, 3.63) is 65.0 Å². The standard InChI is InChI=1S/C20H22N6O3/c1-29-19-7-5-17(6-8-19)24-11-9-23(10-12-24)15-25-14-21-20(22-25)16-3-2-4-18(13-16)26(27)28/h2-8,13-14H,9-12,15H2,1H3. The monoisotopic (exact) mass is 394 g/mol. The number of non-ortho nitro benzene ring substituents is 1. The molecule has 1 aliphatic rings. The lowest BCUT2D eigenvalue weighted by atomic mass is 10.2. The van der Waals surface area contributed by atoms with Crippen LogP contribution in [0, 0.1) is 10.1 Å². The van der Waals surface area contributed by atoms with Crippen LogP contribution < -0.4 is 9.64 Å². The van der Waals surface area contributed by atoms with Crippen LogP contribution in [0.4, 0.5) is 11.4 Å². The molecule has 0 amide bonds. The van der Waals surface area contributed by atoms with Crippen molar-refractivity contribution in [1.29, 1.82) is 0 Å². The highest BCUT2D eigenvalue weighted by atomic mass is 16.6. The number of benzene rings is 2. The number of hydrogen-bond acceptors (Lipinski definition) is 7. The summed E-state index contributed by atoms with van der Waals surface area (Å²) in [6.45, 7) is 4.33. The molecule has 0 radical (unpaired) electrons. The molecular formula is C20H22N6O3. The van der Waals surface area contributed by atoms with E-state index in [9.17, 15) is 10.1 Å².